The molecule has 1 atom stereocenters. The quantitative estimate of drug-likeness (QED) is 0.716. The Kier molecular flexibility index (Phi) is 3.50. The lowest BCUT2D eigenvalue weighted by Gasteiger charge is -2.41. The van der Waals surface area contributed by atoms with Gasteiger partial charge in [-0.3, -0.25) is 0 Å². The number of fused-ring (bicyclic) bond motifs is 1. The normalized spacial score (nSPS) is 21.5. The van der Waals surface area contributed by atoms with Gasteiger partial charge in [-0.25, -0.2) is 4.98 Å². The van der Waals surface area contributed by atoms with Crippen LogP contribution in [0.2, 0.25) is 0 Å². The minimum Gasteiger partial charge on any atom is -0.367 e. The summed E-state index contributed by atoms with van der Waals surface area (Å²) < 4.78 is 6.12. The third-order valence-corrected chi connectivity index (χ3v) is 4.57. The number of hydrogen-bond acceptors (Lipinski definition) is 3. The summed E-state index contributed by atoms with van der Waals surface area (Å²) in [5, 5.41) is 1.18. The number of aromatic nitrogens is 1. The van der Waals surface area contributed by atoms with Crippen molar-refractivity contribution in [2.24, 2.45) is 0 Å². The fourth-order valence-corrected chi connectivity index (χ4v) is 3.26. The van der Waals surface area contributed by atoms with E-state index < -0.39 is 0 Å². The first-order chi connectivity index (χ1) is 11.2. The van der Waals surface area contributed by atoms with E-state index in [0.29, 0.717) is 6.61 Å². The molecular formula is C20H20N2O. The van der Waals surface area contributed by atoms with Crippen LogP contribution in [0.25, 0.3) is 10.9 Å². The van der Waals surface area contributed by atoms with Gasteiger partial charge in [0.25, 0.3) is 0 Å². The molecule has 3 heteroatoms. The lowest BCUT2D eigenvalue weighted by Crippen LogP contribution is -2.48. The highest BCUT2D eigenvalue weighted by Crippen LogP contribution is 2.31. The van der Waals surface area contributed by atoms with E-state index in [0.717, 1.165) is 24.4 Å². The van der Waals surface area contributed by atoms with Crippen molar-refractivity contribution >= 4 is 16.7 Å². The summed E-state index contributed by atoms with van der Waals surface area (Å²) in [6.45, 7) is 4.55. The second kappa shape index (κ2) is 5.67. The molecule has 0 saturated carbocycles. The summed E-state index contributed by atoms with van der Waals surface area (Å²) in [4.78, 5) is 7.15. The van der Waals surface area contributed by atoms with Gasteiger partial charge in [0.15, 0.2) is 0 Å². The Labute approximate surface area is 136 Å². The first kappa shape index (κ1) is 14.2. The molecule has 116 valence electrons. The lowest BCUT2D eigenvalue weighted by molar-refractivity contribution is -0.0467. The van der Waals surface area contributed by atoms with Gasteiger partial charge in [-0.1, -0.05) is 48.5 Å². The molecule has 1 aliphatic heterocycles. The second-order valence-corrected chi connectivity index (χ2v) is 6.23. The molecule has 1 aromatic heterocycles. The fraction of sp³-hybridized carbons (Fsp3) is 0.250. The van der Waals surface area contributed by atoms with Gasteiger partial charge in [-0.15, -0.1) is 0 Å². The number of hydrogen-bond donors (Lipinski definition) is 0. The third-order valence-electron chi connectivity index (χ3n) is 4.57. The van der Waals surface area contributed by atoms with Crippen LogP contribution in [-0.4, -0.2) is 24.7 Å². The van der Waals surface area contributed by atoms with E-state index >= 15 is 0 Å². The van der Waals surface area contributed by atoms with Crippen LogP contribution in [-0.2, 0) is 10.3 Å². The Morgan fingerprint density at radius 1 is 0.957 bits per heavy atom. The number of para-hydroxylation sites is 1. The first-order valence-electron chi connectivity index (χ1n) is 8.05. The topological polar surface area (TPSA) is 25.4 Å². The molecular weight excluding hydrogens is 284 g/mol. The van der Waals surface area contributed by atoms with Crippen LogP contribution in [0.5, 0.6) is 0 Å². The molecule has 1 unspecified atom stereocenters. The predicted molar refractivity (Wildman–Crippen MR) is 93.7 cm³/mol. The van der Waals surface area contributed by atoms with Crippen molar-refractivity contribution in [3.05, 3.63) is 72.3 Å². The van der Waals surface area contributed by atoms with Crippen LogP contribution >= 0.6 is 0 Å². The summed E-state index contributed by atoms with van der Waals surface area (Å²) in [6, 6.07) is 22.9. The van der Waals surface area contributed by atoms with Crippen molar-refractivity contribution < 1.29 is 4.74 Å². The van der Waals surface area contributed by atoms with E-state index in [4.69, 9.17) is 9.72 Å². The second-order valence-electron chi connectivity index (χ2n) is 6.23. The molecule has 0 bridgehead atoms. The summed E-state index contributed by atoms with van der Waals surface area (Å²) in [5.74, 6) is 1.02. The lowest BCUT2D eigenvalue weighted by atomic mass is 9.94. The van der Waals surface area contributed by atoms with E-state index in [-0.39, 0.29) is 5.60 Å². The summed E-state index contributed by atoms with van der Waals surface area (Å²) >= 11 is 0. The van der Waals surface area contributed by atoms with E-state index in [1.807, 2.05) is 18.2 Å². The average molecular weight is 304 g/mol. The smallest absolute Gasteiger partial charge is 0.129 e. The Bertz CT molecular complexity index is 818. The fourth-order valence-electron chi connectivity index (χ4n) is 3.26. The molecule has 4 rings (SSSR count). The third kappa shape index (κ3) is 2.68. The van der Waals surface area contributed by atoms with Crippen molar-refractivity contribution in [3.8, 4) is 0 Å². The van der Waals surface area contributed by atoms with Crippen molar-refractivity contribution in [3.63, 3.8) is 0 Å². The molecule has 0 N–H and O–H groups in total. The van der Waals surface area contributed by atoms with Gasteiger partial charge in [0.05, 0.1) is 18.7 Å². The maximum absolute atomic E-state index is 6.12. The van der Waals surface area contributed by atoms with Crippen LogP contribution < -0.4 is 4.90 Å². The first-order valence-corrected chi connectivity index (χ1v) is 8.05. The molecule has 3 aromatic rings. The van der Waals surface area contributed by atoms with Crippen LogP contribution in [0.3, 0.4) is 0 Å². The molecule has 23 heavy (non-hydrogen) atoms. The molecule has 0 spiro atoms. The molecule has 1 fully saturated rings. The molecule has 1 saturated heterocycles. The molecule has 1 aliphatic rings. The number of benzene rings is 2. The zero-order valence-electron chi connectivity index (χ0n) is 13.3. The number of morpholine rings is 1. The van der Waals surface area contributed by atoms with Crippen LogP contribution in [0, 0.1) is 0 Å². The average Bonchev–Trinajstić information content (AvgIpc) is 2.62. The summed E-state index contributed by atoms with van der Waals surface area (Å²) in [5.41, 5.74) is 1.95. The number of anilines is 1. The zero-order chi connectivity index (χ0) is 15.7. The Morgan fingerprint density at radius 3 is 2.61 bits per heavy atom. The number of nitrogens with zero attached hydrogens (tertiary/aromatic N) is 2. The van der Waals surface area contributed by atoms with E-state index in [1.54, 1.807) is 0 Å². The molecule has 0 aliphatic carbocycles. The maximum atomic E-state index is 6.12. The molecule has 0 radical (unpaired) electrons. The van der Waals surface area contributed by atoms with Gasteiger partial charge in [0.2, 0.25) is 0 Å². The largest absolute Gasteiger partial charge is 0.367 e. The van der Waals surface area contributed by atoms with E-state index in [9.17, 15) is 0 Å². The van der Waals surface area contributed by atoms with Gasteiger partial charge in [0.1, 0.15) is 11.4 Å². The van der Waals surface area contributed by atoms with Gasteiger partial charge >= 0.3 is 0 Å². The van der Waals surface area contributed by atoms with Gasteiger partial charge in [-0.2, -0.15) is 0 Å². The van der Waals surface area contributed by atoms with Gasteiger partial charge in [0, 0.05) is 11.9 Å². The molecule has 3 nitrogen and oxygen atoms in total. The van der Waals surface area contributed by atoms with E-state index in [2.05, 4.69) is 60.4 Å². The zero-order valence-corrected chi connectivity index (χ0v) is 13.3. The SMILES string of the molecule is CC1(c2ccccc2)CN(c2ccc3ccccc3n2)CCO1. The van der Waals surface area contributed by atoms with Crippen molar-refractivity contribution in [1.82, 2.24) is 4.98 Å². The van der Waals surface area contributed by atoms with Gasteiger partial charge < -0.3 is 9.64 Å². The van der Waals surface area contributed by atoms with Crippen molar-refractivity contribution in [2.75, 3.05) is 24.6 Å². The molecule has 2 heterocycles. The monoisotopic (exact) mass is 304 g/mol. The highest BCUT2D eigenvalue weighted by atomic mass is 16.5. The Morgan fingerprint density at radius 2 is 1.74 bits per heavy atom. The summed E-state index contributed by atoms with van der Waals surface area (Å²) in [6.07, 6.45) is 0. The highest BCUT2D eigenvalue weighted by molar-refractivity contribution is 5.80. The highest BCUT2D eigenvalue weighted by Gasteiger charge is 2.34. The van der Waals surface area contributed by atoms with Crippen molar-refractivity contribution in [2.45, 2.75) is 12.5 Å². The van der Waals surface area contributed by atoms with Crippen LogP contribution in [0.1, 0.15) is 12.5 Å². The minimum atomic E-state index is -0.299. The number of rotatable bonds is 2. The number of pyridine rings is 1. The summed E-state index contributed by atoms with van der Waals surface area (Å²) in [7, 11) is 0. The van der Waals surface area contributed by atoms with Crippen LogP contribution in [0.4, 0.5) is 5.82 Å². The Balaban J connectivity index is 1.66. The minimum absolute atomic E-state index is 0.299. The maximum Gasteiger partial charge on any atom is 0.129 e. The van der Waals surface area contributed by atoms with Gasteiger partial charge in [-0.05, 0) is 30.7 Å². The van der Waals surface area contributed by atoms with E-state index in [1.165, 1.54) is 10.9 Å². The molecule has 2 aromatic carbocycles. The molecule has 0 amide bonds. The van der Waals surface area contributed by atoms with Crippen molar-refractivity contribution in [1.29, 1.82) is 0 Å². The predicted octanol–water partition coefficient (Wildman–Crippen LogP) is 3.99. The standard InChI is InChI=1S/C20H20N2O/c1-20(17-8-3-2-4-9-17)15-22(13-14-23-20)19-12-11-16-7-5-6-10-18(16)21-19/h2-12H,13-15H2,1H3. The van der Waals surface area contributed by atoms with Crippen LogP contribution in [0.15, 0.2) is 66.7 Å². The Hall–Kier alpha value is -2.39. The number of ether oxygens (including phenoxy) is 1.